The first-order valence-corrected chi connectivity index (χ1v) is 6.97. The highest BCUT2D eigenvalue weighted by Gasteiger charge is 2.52. The molecule has 3 N–H and O–H groups in total. The zero-order valence-electron chi connectivity index (χ0n) is 11.3. The lowest BCUT2D eigenvalue weighted by molar-refractivity contribution is -0.155. The smallest absolute Gasteiger partial charge is 0.0727 e. The number of aliphatic hydroxyl groups excluding tert-OH is 1. The number of hydrogen-bond donors (Lipinski definition) is 3. The van der Waals surface area contributed by atoms with Crippen LogP contribution in [0.1, 0.15) is 52.4 Å². The van der Waals surface area contributed by atoms with Crippen LogP contribution in [-0.2, 0) is 0 Å². The van der Waals surface area contributed by atoms with E-state index in [9.17, 15) is 10.2 Å². The van der Waals surface area contributed by atoms with E-state index in [0.717, 1.165) is 51.6 Å². The van der Waals surface area contributed by atoms with Crippen LogP contribution in [0, 0.1) is 10.8 Å². The maximum atomic E-state index is 11.0. The molecule has 1 aliphatic carbocycles. The van der Waals surface area contributed by atoms with E-state index in [-0.39, 0.29) is 12.0 Å². The van der Waals surface area contributed by atoms with Gasteiger partial charge in [-0.1, -0.05) is 13.8 Å². The molecule has 0 spiro atoms. The average molecular weight is 241 g/mol. The first-order valence-electron chi connectivity index (χ1n) is 6.97. The molecule has 17 heavy (non-hydrogen) atoms. The molecule has 100 valence electrons. The van der Waals surface area contributed by atoms with Crippen molar-refractivity contribution in [1.82, 2.24) is 5.32 Å². The van der Waals surface area contributed by atoms with Gasteiger partial charge in [0.05, 0.1) is 12.2 Å². The second-order valence-corrected chi connectivity index (χ2v) is 6.88. The Bertz CT molecular complexity index is 259. The summed E-state index contributed by atoms with van der Waals surface area (Å²) in [6, 6.07) is 0. The van der Waals surface area contributed by atoms with Crippen molar-refractivity contribution >= 4 is 0 Å². The van der Waals surface area contributed by atoms with Gasteiger partial charge in [0.1, 0.15) is 0 Å². The van der Waals surface area contributed by atoms with Crippen LogP contribution in [0.4, 0.5) is 0 Å². The summed E-state index contributed by atoms with van der Waals surface area (Å²) in [5.74, 6) is 0. The summed E-state index contributed by atoms with van der Waals surface area (Å²) in [7, 11) is 0. The number of rotatable bonds is 2. The topological polar surface area (TPSA) is 52.5 Å². The molecule has 1 saturated carbocycles. The summed E-state index contributed by atoms with van der Waals surface area (Å²) >= 11 is 0. The fraction of sp³-hybridized carbons (Fsp3) is 1.00. The minimum Gasteiger partial charge on any atom is -0.396 e. The van der Waals surface area contributed by atoms with Gasteiger partial charge in [0.2, 0.25) is 0 Å². The second-order valence-electron chi connectivity index (χ2n) is 6.88. The molecule has 2 aliphatic rings. The Balaban J connectivity index is 2.13. The van der Waals surface area contributed by atoms with Crippen LogP contribution in [-0.4, -0.2) is 35.5 Å². The highest BCUT2D eigenvalue weighted by atomic mass is 16.3. The molecule has 2 fully saturated rings. The van der Waals surface area contributed by atoms with Gasteiger partial charge in [0.15, 0.2) is 0 Å². The van der Waals surface area contributed by atoms with Crippen molar-refractivity contribution in [2.45, 2.75) is 58.0 Å². The lowest BCUT2D eigenvalue weighted by atomic mass is 9.57. The fourth-order valence-corrected chi connectivity index (χ4v) is 3.55. The van der Waals surface area contributed by atoms with Crippen molar-refractivity contribution in [3.63, 3.8) is 0 Å². The van der Waals surface area contributed by atoms with Crippen molar-refractivity contribution in [2.75, 3.05) is 19.7 Å². The van der Waals surface area contributed by atoms with Crippen LogP contribution < -0.4 is 5.32 Å². The van der Waals surface area contributed by atoms with E-state index in [4.69, 9.17) is 0 Å². The van der Waals surface area contributed by atoms with Gasteiger partial charge in [0.25, 0.3) is 0 Å². The molecule has 0 aromatic rings. The quantitative estimate of drug-likeness (QED) is 0.689. The largest absolute Gasteiger partial charge is 0.396 e. The molecule has 0 radical (unpaired) electrons. The highest BCUT2D eigenvalue weighted by molar-refractivity contribution is 5.04. The van der Waals surface area contributed by atoms with E-state index >= 15 is 0 Å². The van der Waals surface area contributed by atoms with Crippen LogP contribution in [0.15, 0.2) is 0 Å². The molecule has 0 bridgehead atoms. The van der Waals surface area contributed by atoms with Gasteiger partial charge in [-0.25, -0.2) is 0 Å². The predicted octanol–water partition coefficient (Wildman–Crippen LogP) is 1.68. The third kappa shape index (κ3) is 2.38. The lowest BCUT2D eigenvalue weighted by Gasteiger charge is -2.53. The summed E-state index contributed by atoms with van der Waals surface area (Å²) < 4.78 is 0. The third-order valence-electron chi connectivity index (χ3n) is 5.28. The molecule has 3 nitrogen and oxygen atoms in total. The number of aliphatic hydroxyl groups is 2. The molecule has 1 saturated heterocycles. The minimum absolute atomic E-state index is 0.131. The Labute approximate surface area is 105 Å². The first kappa shape index (κ1) is 13.3. The molecule has 1 heterocycles. The lowest BCUT2D eigenvalue weighted by Crippen LogP contribution is -2.57. The molecule has 1 aliphatic heterocycles. The molecular formula is C14H27NO2. The zero-order valence-corrected chi connectivity index (χ0v) is 11.3. The van der Waals surface area contributed by atoms with Gasteiger partial charge in [-0.15, -0.1) is 0 Å². The molecule has 3 heteroatoms. The summed E-state index contributed by atoms with van der Waals surface area (Å²) in [5, 5.41) is 24.1. The van der Waals surface area contributed by atoms with Crippen LogP contribution in [0.5, 0.6) is 0 Å². The zero-order chi connectivity index (χ0) is 12.6. The van der Waals surface area contributed by atoms with E-state index in [1.54, 1.807) is 0 Å². The molecule has 0 aromatic carbocycles. The molecule has 0 atom stereocenters. The maximum absolute atomic E-state index is 11.0. The summed E-state index contributed by atoms with van der Waals surface area (Å²) in [6.07, 6.45) is 5.64. The van der Waals surface area contributed by atoms with E-state index in [2.05, 4.69) is 19.2 Å². The Morgan fingerprint density at radius 1 is 0.941 bits per heavy atom. The van der Waals surface area contributed by atoms with Crippen LogP contribution in [0.25, 0.3) is 0 Å². The minimum atomic E-state index is -0.640. The highest BCUT2D eigenvalue weighted by Crippen LogP contribution is 2.51. The van der Waals surface area contributed by atoms with Gasteiger partial charge < -0.3 is 15.5 Å². The Hall–Kier alpha value is -0.120. The molecule has 0 aromatic heterocycles. The molecule has 0 amide bonds. The fourth-order valence-electron chi connectivity index (χ4n) is 3.55. The van der Waals surface area contributed by atoms with E-state index in [1.807, 2.05) is 0 Å². The molecular weight excluding hydrogens is 214 g/mol. The van der Waals surface area contributed by atoms with Crippen molar-refractivity contribution in [3.8, 4) is 0 Å². The van der Waals surface area contributed by atoms with Gasteiger partial charge in [-0.3, -0.25) is 0 Å². The van der Waals surface area contributed by atoms with Crippen molar-refractivity contribution in [3.05, 3.63) is 0 Å². The van der Waals surface area contributed by atoms with Crippen LogP contribution in [0.3, 0.4) is 0 Å². The Morgan fingerprint density at radius 3 is 1.94 bits per heavy atom. The van der Waals surface area contributed by atoms with Gasteiger partial charge in [-0.05, 0) is 57.0 Å². The predicted molar refractivity (Wildman–Crippen MR) is 68.8 cm³/mol. The number of hydrogen-bond acceptors (Lipinski definition) is 3. The van der Waals surface area contributed by atoms with Gasteiger partial charge in [-0.2, -0.15) is 0 Å². The molecule has 0 unspecified atom stereocenters. The molecule has 2 rings (SSSR count). The average Bonchev–Trinajstić information content (AvgIpc) is 2.34. The first-order chi connectivity index (χ1) is 7.93. The monoisotopic (exact) mass is 241 g/mol. The summed E-state index contributed by atoms with van der Waals surface area (Å²) in [6.45, 7) is 6.53. The van der Waals surface area contributed by atoms with E-state index in [0.29, 0.717) is 5.41 Å². The Kier molecular flexibility index (Phi) is 3.54. The van der Waals surface area contributed by atoms with E-state index in [1.165, 1.54) is 0 Å². The normalized spacial score (nSPS) is 31.1. The third-order valence-corrected chi connectivity index (χ3v) is 5.28. The standard InChI is InChI=1S/C14H27NO2/c1-12(2)3-5-14(17,6-4-12)13(11-16)7-9-15-10-8-13/h15-17H,3-11H2,1-2H3. The van der Waals surface area contributed by atoms with Crippen molar-refractivity contribution in [2.24, 2.45) is 10.8 Å². The Morgan fingerprint density at radius 2 is 1.47 bits per heavy atom. The summed E-state index contributed by atoms with van der Waals surface area (Å²) in [4.78, 5) is 0. The SMILES string of the molecule is CC1(C)CCC(O)(C2(CO)CCNCC2)CC1. The summed E-state index contributed by atoms with van der Waals surface area (Å²) in [5.41, 5.74) is -0.538. The van der Waals surface area contributed by atoms with E-state index < -0.39 is 5.60 Å². The second kappa shape index (κ2) is 4.52. The van der Waals surface area contributed by atoms with Crippen molar-refractivity contribution in [1.29, 1.82) is 0 Å². The van der Waals surface area contributed by atoms with Crippen LogP contribution >= 0.6 is 0 Å². The van der Waals surface area contributed by atoms with Crippen molar-refractivity contribution < 1.29 is 10.2 Å². The van der Waals surface area contributed by atoms with Gasteiger partial charge in [0, 0.05) is 5.41 Å². The van der Waals surface area contributed by atoms with Crippen LogP contribution in [0.2, 0.25) is 0 Å². The number of nitrogens with one attached hydrogen (secondary N) is 1. The van der Waals surface area contributed by atoms with Gasteiger partial charge >= 0.3 is 0 Å². The maximum Gasteiger partial charge on any atom is 0.0727 e. The number of piperidine rings is 1.